The number of hydrogen-bond acceptors (Lipinski definition) is 5. The molecule has 1 aliphatic rings. The minimum Gasteiger partial charge on any atom is -0.451 e. The van der Waals surface area contributed by atoms with Crippen LogP contribution in [0.5, 0.6) is 5.75 Å². The van der Waals surface area contributed by atoms with Crippen molar-refractivity contribution >= 4 is 12.3 Å². The highest BCUT2D eigenvalue weighted by Gasteiger charge is 2.36. The van der Waals surface area contributed by atoms with Gasteiger partial charge < -0.3 is 9.47 Å². The highest BCUT2D eigenvalue weighted by molar-refractivity contribution is 6.00. The van der Waals surface area contributed by atoms with E-state index in [0.717, 1.165) is 5.56 Å². The third kappa shape index (κ3) is 2.27. The van der Waals surface area contributed by atoms with E-state index in [0.29, 0.717) is 12.0 Å². The van der Waals surface area contributed by atoms with E-state index in [1.807, 2.05) is 30.3 Å². The highest BCUT2D eigenvalue weighted by atomic mass is 16.7. The maximum Gasteiger partial charge on any atom is 0.346 e. The van der Waals surface area contributed by atoms with E-state index in [4.69, 9.17) is 9.47 Å². The number of carbonyl (C=O) groups is 2. The van der Waals surface area contributed by atoms with E-state index in [1.54, 1.807) is 13.8 Å². The Balaban J connectivity index is 2.23. The van der Waals surface area contributed by atoms with Gasteiger partial charge in [0.1, 0.15) is 5.56 Å². The zero-order valence-electron chi connectivity index (χ0n) is 11.6. The summed E-state index contributed by atoms with van der Waals surface area (Å²) in [6, 6.07) is 9.26. The molecule has 0 saturated carbocycles. The van der Waals surface area contributed by atoms with E-state index in [1.165, 1.54) is 6.20 Å². The van der Waals surface area contributed by atoms with Crippen LogP contribution in [0.2, 0.25) is 0 Å². The number of aromatic nitrogens is 1. The summed E-state index contributed by atoms with van der Waals surface area (Å²) in [4.78, 5) is 27.7. The van der Waals surface area contributed by atoms with Gasteiger partial charge in [0.15, 0.2) is 12.0 Å². The van der Waals surface area contributed by atoms with Gasteiger partial charge in [-0.3, -0.25) is 9.78 Å². The van der Waals surface area contributed by atoms with Crippen LogP contribution in [0.4, 0.5) is 0 Å². The third-order valence-corrected chi connectivity index (χ3v) is 3.14. The quantitative estimate of drug-likeness (QED) is 0.626. The summed E-state index contributed by atoms with van der Waals surface area (Å²) in [5.74, 6) is -1.44. The zero-order valence-corrected chi connectivity index (χ0v) is 11.6. The Morgan fingerprint density at radius 1 is 1.14 bits per heavy atom. The first-order chi connectivity index (χ1) is 10.0. The Bertz CT molecular complexity index is 723. The Kier molecular flexibility index (Phi) is 2.97. The Morgan fingerprint density at radius 3 is 2.52 bits per heavy atom. The normalized spacial score (nSPS) is 15.6. The van der Waals surface area contributed by atoms with Crippen LogP contribution in [0, 0.1) is 0 Å². The second kappa shape index (κ2) is 4.70. The lowest BCUT2D eigenvalue weighted by atomic mass is 10.0. The average Bonchev–Trinajstić information content (AvgIpc) is 2.45. The molecule has 1 aromatic carbocycles. The molecule has 3 rings (SSSR count). The Morgan fingerprint density at radius 2 is 1.86 bits per heavy atom. The lowest BCUT2D eigenvalue weighted by Crippen LogP contribution is -2.39. The van der Waals surface area contributed by atoms with E-state index >= 15 is 0 Å². The van der Waals surface area contributed by atoms with Gasteiger partial charge in [-0.15, -0.1) is 0 Å². The minimum absolute atomic E-state index is 0.163. The monoisotopic (exact) mass is 283 g/mol. The zero-order chi connectivity index (χ0) is 15.0. The molecule has 1 aromatic heterocycles. The van der Waals surface area contributed by atoms with E-state index in [2.05, 4.69) is 4.98 Å². The molecule has 0 radical (unpaired) electrons. The van der Waals surface area contributed by atoms with Crippen molar-refractivity contribution in [1.29, 1.82) is 0 Å². The number of carbonyl (C=O) groups excluding carboxylic acids is 2. The van der Waals surface area contributed by atoms with Crippen LogP contribution in [-0.2, 0) is 4.74 Å². The molecule has 5 nitrogen and oxygen atoms in total. The van der Waals surface area contributed by atoms with Gasteiger partial charge >= 0.3 is 5.97 Å². The van der Waals surface area contributed by atoms with Crippen molar-refractivity contribution in [1.82, 2.24) is 4.98 Å². The predicted molar refractivity (Wildman–Crippen MR) is 75.2 cm³/mol. The number of hydrogen-bond donors (Lipinski definition) is 0. The van der Waals surface area contributed by atoms with Crippen molar-refractivity contribution < 1.29 is 19.1 Å². The van der Waals surface area contributed by atoms with Crippen LogP contribution >= 0.6 is 0 Å². The smallest absolute Gasteiger partial charge is 0.346 e. The number of esters is 1. The van der Waals surface area contributed by atoms with Crippen LogP contribution in [0.15, 0.2) is 36.5 Å². The predicted octanol–water partition coefficient (Wildman–Crippen LogP) is 2.85. The SMILES string of the molecule is CC1(C)OC(=O)c2cnc(-c3ccccc3)c(C=O)c2O1. The molecule has 5 heteroatoms. The topological polar surface area (TPSA) is 65.5 Å². The lowest BCUT2D eigenvalue weighted by Gasteiger charge is -2.32. The Hall–Kier alpha value is -2.69. The van der Waals surface area contributed by atoms with Gasteiger partial charge in [0, 0.05) is 25.6 Å². The van der Waals surface area contributed by atoms with Crippen molar-refractivity contribution in [3.05, 3.63) is 47.7 Å². The highest BCUT2D eigenvalue weighted by Crippen LogP contribution is 2.37. The molecule has 106 valence electrons. The molecule has 0 saturated heterocycles. The van der Waals surface area contributed by atoms with Crippen molar-refractivity contribution in [2.75, 3.05) is 0 Å². The van der Waals surface area contributed by atoms with Gasteiger partial charge in [-0.05, 0) is 0 Å². The number of fused-ring (bicyclic) bond motifs is 1. The molecule has 0 amide bonds. The summed E-state index contributed by atoms with van der Waals surface area (Å²) < 4.78 is 10.8. The molecule has 0 bridgehead atoms. The first-order valence-corrected chi connectivity index (χ1v) is 6.48. The van der Waals surface area contributed by atoms with Crippen molar-refractivity contribution in [3.63, 3.8) is 0 Å². The first-order valence-electron chi connectivity index (χ1n) is 6.48. The summed E-state index contributed by atoms with van der Waals surface area (Å²) in [5, 5.41) is 0. The van der Waals surface area contributed by atoms with Crippen LogP contribution in [0.25, 0.3) is 11.3 Å². The van der Waals surface area contributed by atoms with Crippen LogP contribution in [0.3, 0.4) is 0 Å². The second-order valence-electron chi connectivity index (χ2n) is 5.14. The van der Waals surface area contributed by atoms with Gasteiger partial charge in [0.25, 0.3) is 0 Å². The van der Waals surface area contributed by atoms with E-state index in [9.17, 15) is 9.59 Å². The number of ether oxygens (including phenoxy) is 2. The third-order valence-electron chi connectivity index (χ3n) is 3.14. The molecule has 0 spiro atoms. The number of rotatable bonds is 2. The summed E-state index contributed by atoms with van der Waals surface area (Å²) in [6.45, 7) is 3.23. The molecule has 0 atom stereocenters. The molecule has 1 aliphatic heterocycles. The molecule has 0 N–H and O–H groups in total. The van der Waals surface area contributed by atoms with Gasteiger partial charge in [-0.25, -0.2) is 4.79 Å². The largest absolute Gasteiger partial charge is 0.451 e. The first kappa shape index (κ1) is 13.3. The molecule has 0 fully saturated rings. The number of aldehydes is 1. The van der Waals surface area contributed by atoms with Gasteiger partial charge in [-0.2, -0.15) is 0 Å². The van der Waals surface area contributed by atoms with Gasteiger partial charge in [0.2, 0.25) is 5.79 Å². The fraction of sp³-hybridized carbons (Fsp3) is 0.188. The fourth-order valence-electron chi connectivity index (χ4n) is 2.25. The van der Waals surface area contributed by atoms with Crippen LogP contribution in [0.1, 0.15) is 34.6 Å². The van der Waals surface area contributed by atoms with Crippen molar-refractivity contribution in [2.24, 2.45) is 0 Å². The van der Waals surface area contributed by atoms with E-state index < -0.39 is 11.8 Å². The minimum atomic E-state index is -1.11. The summed E-state index contributed by atoms with van der Waals surface area (Å²) in [6.07, 6.45) is 2.03. The molecule has 2 heterocycles. The summed E-state index contributed by atoms with van der Waals surface area (Å²) in [7, 11) is 0. The molecule has 21 heavy (non-hydrogen) atoms. The number of pyridine rings is 1. The maximum absolute atomic E-state index is 12.0. The number of nitrogens with zero attached hydrogens (tertiary/aromatic N) is 1. The molecular formula is C16H13NO4. The standard InChI is InChI=1S/C16H13NO4/c1-16(2)20-14-11(15(19)21-16)8-17-13(12(14)9-18)10-6-4-3-5-7-10/h3-9H,1-2H3. The molecule has 2 aromatic rings. The average molecular weight is 283 g/mol. The van der Waals surface area contributed by atoms with Crippen LogP contribution < -0.4 is 4.74 Å². The molecular weight excluding hydrogens is 270 g/mol. The van der Waals surface area contributed by atoms with Crippen molar-refractivity contribution in [2.45, 2.75) is 19.6 Å². The van der Waals surface area contributed by atoms with Crippen LogP contribution in [-0.4, -0.2) is 23.0 Å². The fourth-order valence-corrected chi connectivity index (χ4v) is 2.25. The number of benzene rings is 1. The summed E-state index contributed by atoms with van der Waals surface area (Å²) >= 11 is 0. The maximum atomic E-state index is 12.0. The van der Waals surface area contributed by atoms with Crippen molar-refractivity contribution in [3.8, 4) is 17.0 Å². The van der Waals surface area contributed by atoms with E-state index in [-0.39, 0.29) is 16.9 Å². The summed E-state index contributed by atoms with van der Waals surface area (Å²) in [5.41, 5.74) is 1.68. The number of cyclic esters (lactones) is 1. The van der Waals surface area contributed by atoms with Gasteiger partial charge in [0.05, 0.1) is 11.3 Å². The second-order valence-corrected chi connectivity index (χ2v) is 5.14. The van der Waals surface area contributed by atoms with Gasteiger partial charge in [-0.1, -0.05) is 30.3 Å². The molecule has 0 aliphatic carbocycles. The lowest BCUT2D eigenvalue weighted by molar-refractivity contribution is -0.127. The molecule has 0 unspecified atom stereocenters. The Labute approximate surface area is 121 Å².